The molecule has 1 atom stereocenters. The lowest BCUT2D eigenvalue weighted by Gasteiger charge is -2.21. The van der Waals surface area contributed by atoms with Crippen LogP contribution in [0.1, 0.15) is 27.2 Å². The van der Waals surface area contributed by atoms with Gasteiger partial charge in [-0.15, -0.1) is 0 Å². The van der Waals surface area contributed by atoms with Crippen LogP contribution in [0.4, 0.5) is 0 Å². The van der Waals surface area contributed by atoms with E-state index < -0.39 is 0 Å². The molecule has 1 unspecified atom stereocenters. The summed E-state index contributed by atoms with van der Waals surface area (Å²) in [5.74, 6) is 0.148. The number of carbonyl (C=O) groups is 1. The van der Waals surface area contributed by atoms with Gasteiger partial charge in [0.15, 0.2) is 0 Å². The molecule has 0 rings (SSSR count). The van der Waals surface area contributed by atoms with Gasteiger partial charge in [-0.1, -0.05) is 6.92 Å². The fraction of sp³-hybridized carbons (Fsp3) is 0.909. The SMILES string of the molecule is CCC(C)NCC(=O)N(CC)CCOC. The van der Waals surface area contributed by atoms with Crippen LogP contribution in [0.15, 0.2) is 0 Å². The van der Waals surface area contributed by atoms with Crippen molar-refractivity contribution in [2.45, 2.75) is 33.2 Å². The second-order valence-corrected chi connectivity index (χ2v) is 3.66. The van der Waals surface area contributed by atoms with Gasteiger partial charge in [-0.2, -0.15) is 0 Å². The van der Waals surface area contributed by atoms with Crippen LogP contribution in [-0.4, -0.2) is 50.2 Å². The van der Waals surface area contributed by atoms with Crippen molar-refractivity contribution >= 4 is 5.91 Å². The van der Waals surface area contributed by atoms with Gasteiger partial charge in [-0.25, -0.2) is 0 Å². The van der Waals surface area contributed by atoms with Gasteiger partial charge in [0.1, 0.15) is 0 Å². The molecule has 4 heteroatoms. The van der Waals surface area contributed by atoms with Crippen molar-refractivity contribution in [1.82, 2.24) is 10.2 Å². The van der Waals surface area contributed by atoms with E-state index in [0.717, 1.165) is 13.0 Å². The number of nitrogens with zero attached hydrogens (tertiary/aromatic N) is 1. The summed E-state index contributed by atoms with van der Waals surface area (Å²) in [4.78, 5) is 13.5. The Morgan fingerprint density at radius 3 is 2.60 bits per heavy atom. The molecule has 0 heterocycles. The van der Waals surface area contributed by atoms with Crippen molar-refractivity contribution in [3.8, 4) is 0 Å². The minimum Gasteiger partial charge on any atom is -0.383 e. The molecule has 0 bridgehead atoms. The largest absolute Gasteiger partial charge is 0.383 e. The van der Waals surface area contributed by atoms with E-state index in [2.05, 4.69) is 19.2 Å². The molecule has 0 radical (unpaired) electrons. The van der Waals surface area contributed by atoms with Crippen LogP contribution in [0.2, 0.25) is 0 Å². The highest BCUT2D eigenvalue weighted by Gasteiger charge is 2.11. The van der Waals surface area contributed by atoms with Crippen LogP contribution >= 0.6 is 0 Å². The van der Waals surface area contributed by atoms with Crippen molar-refractivity contribution in [2.24, 2.45) is 0 Å². The highest BCUT2D eigenvalue weighted by atomic mass is 16.5. The first-order valence-electron chi connectivity index (χ1n) is 5.65. The molecular weight excluding hydrogens is 192 g/mol. The fourth-order valence-corrected chi connectivity index (χ4v) is 1.18. The van der Waals surface area contributed by atoms with E-state index in [4.69, 9.17) is 4.74 Å². The number of likely N-dealkylation sites (N-methyl/N-ethyl adjacent to an activating group) is 1. The minimum atomic E-state index is 0.148. The van der Waals surface area contributed by atoms with Gasteiger partial charge in [0.05, 0.1) is 13.2 Å². The molecule has 0 saturated carbocycles. The third-order valence-corrected chi connectivity index (χ3v) is 2.51. The lowest BCUT2D eigenvalue weighted by molar-refractivity contribution is -0.130. The average molecular weight is 216 g/mol. The molecule has 0 saturated heterocycles. The summed E-state index contributed by atoms with van der Waals surface area (Å²) in [6.45, 7) is 8.61. The van der Waals surface area contributed by atoms with Gasteiger partial charge in [0.2, 0.25) is 5.91 Å². The maximum Gasteiger partial charge on any atom is 0.236 e. The number of rotatable bonds is 8. The van der Waals surface area contributed by atoms with Gasteiger partial charge in [0, 0.05) is 26.2 Å². The van der Waals surface area contributed by atoms with Crippen molar-refractivity contribution < 1.29 is 9.53 Å². The summed E-state index contributed by atoms with van der Waals surface area (Å²) < 4.78 is 4.96. The maximum absolute atomic E-state index is 11.7. The van der Waals surface area contributed by atoms with E-state index in [1.165, 1.54) is 0 Å². The highest BCUT2D eigenvalue weighted by molar-refractivity contribution is 5.78. The quantitative estimate of drug-likeness (QED) is 0.654. The second kappa shape index (κ2) is 8.68. The van der Waals surface area contributed by atoms with Crippen LogP contribution in [0.3, 0.4) is 0 Å². The zero-order valence-corrected chi connectivity index (χ0v) is 10.4. The Hall–Kier alpha value is -0.610. The average Bonchev–Trinajstić information content (AvgIpc) is 2.26. The lowest BCUT2D eigenvalue weighted by Crippen LogP contribution is -2.42. The smallest absolute Gasteiger partial charge is 0.236 e. The Morgan fingerprint density at radius 2 is 2.13 bits per heavy atom. The molecule has 15 heavy (non-hydrogen) atoms. The zero-order chi connectivity index (χ0) is 11.7. The van der Waals surface area contributed by atoms with Crippen molar-refractivity contribution in [3.05, 3.63) is 0 Å². The molecule has 0 fully saturated rings. The predicted molar refractivity (Wildman–Crippen MR) is 61.9 cm³/mol. The summed E-state index contributed by atoms with van der Waals surface area (Å²) in [6, 6.07) is 0.398. The van der Waals surface area contributed by atoms with E-state index in [-0.39, 0.29) is 5.91 Å². The minimum absolute atomic E-state index is 0.148. The number of ether oxygens (including phenoxy) is 1. The van der Waals surface area contributed by atoms with Crippen molar-refractivity contribution in [3.63, 3.8) is 0 Å². The molecular formula is C11H24N2O2. The van der Waals surface area contributed by atoms with E-state index >= 15 is 0 Å². The van der Waals surface area contributed by atoms with Crippen molar-refractivity contribution in [2.75, 3.05) is 33.4 Å². The summed E-state index contributed by atoms with van der Waals surface area (Å²) >= 11 is 0. The van der Waals surface area contributed by atoms with E-state index in [9.17, 15) is 4.79 Å². The maximum atomic E-state index is 11.7. The first kappa shape index (κ1) is 14.4. The van der Waals surface area contributed by atoms with E-state index in [1.54, 1.807) is 12.0 Å². The Labute approximate surface area is 93.0 Å². The molecule has 4 nitrogen and oxygen atoms in total. The third kappa shape index (κ3) is 6.47. The number of amides is 1. The van der Waals surface area contributed by atoms with Gasteiger partial charge in [0.25, 0.3) is 0 Å². The molecule has 0 aromatic carbocycles. The molecule has 1 amide bonds. The summed E-state index contributed by atoms with van der Waals surface area (Å²) in [5, 5.41) is 3.19. The Bertz CT molecular complexity index is 174. The Morgan fingerprint density at radius 1 is 1.47 bits per heavy atom. The number of carbonyl (C=O) groups excluding carboxylic acids is 1. The van der Waals surface area contributed by atoms with Gasteiger partial charge < -0.3 is 15.0 Å². The first-order chi connectivity index (χ1) is 7.15. The molecule has 90 valence electrons. The third-order valence-electron chi connectivity index (χ3n) is 2.51. The fourth-order valence-electron chi connectivity index (χ4n) is 1.18. The van der Waals surface area contributed by atoms with E-state index in [1.807, 2.05) is 6.92 Å². The van der Waals surface area contributed by atoms with E-state index in [0.29, 0.717) is 25.7 Å². The molecule has 0 aliphatic carbocycles. The van der Waals surface area contributed by atoms with Crippen LogP contribution < -0.4 is 5.32 Å². The van der Waals surface area contributed by atoms with Crippen LogP contribution in [0, 0.1) is 0 Å². The Balaban J connectivity index is 3.82. The number of hydrogen-bond donors (Lipinski definition) is 1. The molecule has 0 aromatic rings. The standard InChI is InChI=1S/C11H24N2O2/c1-5-10(3)12-9-11(14)13(6-2)7-8-15-4/h10,12H,5-9H2,1-4H3. The molecule has 1 N–H and O–H groups in total. The topological polar surface area (TPSA) is 41.6 Å². The molecule has 0 aliphatic heterocycles. The summed E-state index contributed by atoms with van der Waals surface area (Å²) in [7, 11) is 1.65. The molecule has 0 aromatic heterocycles. The van der Waals surface area contributed by atoms with Gasteiger partial charge in [-0.05, 0) is 20.3 Å². The van der Waals surface area contributed by atoms with Crippen LogP contribution in [0.5, 0.6) is 0 Å². The highest BCUT2D eigenvalue weighted by Crippen LogP contribution is 1.91. The van der Waals surface area contributed by atoms with Gasteiger partial charge in [-0.3, -0.25) is 4.79 Å². The van der Waals surface area contributed by atoms with Crippen LogP contribution in [0.25, 0.3) is 0 Å². The number of hydrogen-bond acceptors (Lipinski definition) is 3. The monoisotopic (exact) mass is 216 g/mol. The molecule has 0 aliphatic rings. The number of methoxy groups -OCH3 is 1. The van der Waals surface area contributed by atoms with Crippen LogP contribution in [-0.2, 0) is 9.53 Å². The number of nitrogens with one attached hydrogen (secondary N) is 1. The summed E-state index contributed by atoms with van der Waals surface area (Å²) in [6.07, 6.45) is 1.04. The summed E-state index contributed by atoms with van der Waals surface area (Å²) in [5.41, 5.74) is 0. The zero-order valence-electron chi connectivity index (χ0n) is 10.4. The second-order valence-electron chi connectivity index (χ2n) is 3.66. The van der Waals surface area contributed by atoms with Crippen molar-refractivity contribution in [1.29, 1.82) is 0 Å². The lowest BCUT2D eigenvalue weighted by atomic mass is 10.2. The first-order valence-corrected chi connectivity index (χ1v) is 5.65. The Kier molecular flexibility index (Phi) is 8.33. The van der Waals surface area contributed by atoms with Gasteiger partial charge >= 0.3 is 0 Å². The normalized spacial score (nSPS) is 12.5. The predicted octanol–water partition coefficient (Wildman–Crippen LogP) is 0.869. The molecule has 0 spiro atoms.